The van der Waals surface area contributed by atoms with E-state index in [1.165, 1.54) is 0 Å². The number of alkyl halides is 1. The zero-order valence-corrected chi connectivity index (χ0v) is 10.5. The van der Waals surface area contributed by atoms with Crippen LogP contribution in [0.15, 0.2) is 12.1 Å². The Morgan fingerprint density at radius 2 is 2.24 bits per heavy atom. The Bertz CT molecular complexity index is 464. The van der Waals surface area contributed by atoms with Gasteiger partial charge in [-0.3, -0.25) is 10.1 Å². The maximum atomic E-state index is 13.4. The van der Waals surface area contributed by atoms with Crippen LogP contribution in [0.5, 0.6) is 0 Å². The summed E-state index contributed by atoms with van der Waals surface area (Å²) in [6.07, 6.45) is 0. The van der Waals surface area contributed by atoms with Gasteiger partial charge in [0.05, 0.1) is 11.5 Å². The molecule has 0 saturated carbocycles. The third kappa shape index (κ3) is 3.00. The van der Waals surface area contributed by atoms with Crippen LogP contribution in [-0.2, 0) is 10.1 Å². The minimum Gasteiger partial charge on any atom is -0.462 e. The van der Waals surface area contributed by atoms with E-state index in [9.17, 15) is 19.3 Å². The van der Waals surface area contributed by atoms with Gasteiger partial charge in [-0.2, -0.15) is 0 Å². The van der Waals surface area contributed by atoms with Crippen molar-refractivity contribution in [2.24, 2.45) is 0 Å². The van der Waals surface area contributed by atoms with Gasteiger partial charge in [-0.05, 0) is 13.0 Å². The lowest BCUT2D eigenvalue weighted by atomic mass is 10.1. The van der Waals surface area contributed by atoms with E-state index < -0.39 is 22.4 Å². The second-order valence-electron chi connectivity index (χ2n) is 3.07. The fourth-order valence-corrected chi connectivity index (χ4v) is 1.66. The van der Waals surface area contributed by atoms with Crippen molar-refractivity contribution in [3.63, 3.8) is 0 Å². The Morgan fingerprint density at radius 1 is 1.59 bits per heavy atom. The van der Waals surface area contributed by atoms with Gasteiger partial charge < -0.3 is 4.74 Å². The molecule has 1 rings (SSSR count). The molecule has 0 fully saturated rings. The number of carbonyl (C=O) groups excluding carboxylic acids is 1. The molecular weight excluding hydrogens is 297 g/mol. The summed E-state index contributed by atoms with van der Waals surface area (Å²) >= 11 is 3.01. The van der Waals surface area contributed by atoms with Crippen LogP contribution in [0.1, 0.15) is 22.8 Å². The first-order chi connectivity index (χ1) is 8.01. The molecule has 0 amide bonds. The smallest absolute Gasteiger partial charge is 0.345 e. The highest BCUT2D eigenvalue weighted by molar-refractivity contribution is 9.08. The Kier molecular flexibility index (Phi) is 4.56. The summed E-state index contributed by atoms with van der Waals surface area (Å²) in [5.74, 6) is -1.59. The van der Waals surface area contributed by atoms with Crippen molar-refractivity contribution in [1.82, 2.24) is 0 Å². The van der Waals surface area contributed by atoms with Crippen LogP contribution in [0.25, 0.3) is 0 Å². The zero-order chi connectivity index (χ0) is 13.0. The summed E-state index contributed by atoms with van der Waals surface area (Å²) in [5.41, 5.74) is -0.719. The second kappa shape index (κ2) is 5.72. The fourth-order valence-electron chi connectivity index (χ4n) is 1.23. The minimum atomic E-state index is -0.903. The van der Waals surface area contributed by atoms with Gasteiger partial charge >= 0.3 is 5.97 Å². The molecule has 0 spiro atoms. The van der Waals surface area contributed by atoms with Crippen LogP contribution < -0.4 is 0 Å². The summed E-state index contributed by atoms with van der Waals surface area (Å²) in [5, 5.41) is 10.9. The molecule has 0 saturated heterocycles. The minimum absolute atomic E-state index is 0.0673. The van der Waals surface area contributed by atoms with Crippen LogP contribution in [0.2, 0.25) is 0 Å². The second-order valence-corrected chi connectivity index (χ2v) is 3.63. The van der Waals surface area contributed by atoms with Crippen LogP contribution in [0.3, 0.4) is 0 Å². The fraction of sp³-hybridized carbons (Fsp3) is 0.300. The summed E-state index contributed by atoms with van der Waals surface area (Å²) in [4.78, 5) is 21.4. The van der Waals surface area contributed by atoms with Gasteiger partial charge in [-0.25, -0.2) is 9.18 Å². The van der Waals surface area contributed by atoms with Crippen molar-refractivity contribution in [3.8, 4) is 0 Å². The molecule has 17 heavy (non-hydrogen) atoms. The number of ether oxygens (including phenoxy) is 1. The van der Waals surface area contributed by atoms with E-state index in [4.69, 9.17) is 0 Å². The molecule has 0 aliphatic rings. The number of nitro groups is 1. The van der Waals surface area contributed by atoms with E-state index in [0.29, 0.717) is 0 Å². The van der Waals surface area contributed by atoms with Crippen molar-refractivity contribution < 1.29 is 18.8 Å². The Morgan fingerprint density at radius 3 is 2.71 bits per heavy atom. The highest BCUT2D eigenvalue weighted by atomic mass is 79.9. The Hall–Kier alpha value is -1.50. The van der Waals surface area contributed by atoms with Crippen molar-refractivity contribution in [2.75, 3.05) is 6.61 Å². The van der Waals surface area contributed by atoms with E-state index in [1.54, 1.807) is 6.92 Å². The van der Waals surface area contributed by atoms with Gasteiger partial charge in [0.1, 0.15) is 11.4 Å². The number of rotatable bonds is 4. The van der Waals surface area contributed by atoms with Crippen molar-refractivity contribution >= 4 is 27.6 Å². The lowest BCUT2D eigenvalue weighted by Gasteiger charge is -2.05. The molecule has 0 heterocycles. The number of hydrogen-bond donors (Lipinski definition) is 0. The van der Waals surface area contributed by atoms with E-state index in [0.717, 1.165) is 12.1 Å². The van der Waals surface area contributed by atoms with Gasteiger partial charge in [0.15, 0.2) is 0 Å². The zero-order valence-electron chi connectivity index (χ0n) is 8.91. The van der Waals surface area contributed by atoms with Gasteiger partial charge in [0.25, 0.3) is 5.69 Å². The van der Waals surface area contributed by atoms with Crippen molar-refractivity contribution in [1.29, 1.82) is 0 Å². The lowest BCUT2D eigenvalue weighted by molar-refractivity contribution is -0.385. The number of nitro benzene ring substituents is 1. The van der Waals surface area contributed by atoms with E-state index in [-0.39, 0.29) is 23.1 Å². The Balaban J connectivity index is 3.32. The first-order valence-corrected chi connectivity index (χ1v) is 5.83. The molecule has 7 heteroatoms. The van der Waals surface area contributed by atoms with Gasteiger partial charge in [0, 0.05) is 17.0 Å². The maximum absolute atomic E-state index is 13.4. The summed E-state index contributed by atoms with van der Waals surface area (Å²) in [6, 6.07) is 1.85. The SMILES string of the molecule is CCOC(=O)c1cc(F)c(CBr)cc1[N+](=O)[O-]. The molecule has 1 aromatic rings. The molecule has 0 bridgehead atoms. The molecule has 0 atom stereocenters. The number of hydrogen-bond acceptors (Lipinski definition) is 4. The largest absolute Gasteiger partial charge is 0.462 e. The van der Waals surface area contributed by atoms with Crippen LogP contribution in [0.4, 0.5) is 10.1 Å². The molecule has 92 valence electrons. The molecule has 0 aliphatic carbocycles. The molecule has 0 aliphatic heterocycles. The number of carbonyl (C=O) groups is 1. The van der Waals surface area contributed by atoms with Gasteiger partial charge in [0.2, 0.25) is 0 Å². The van der Waals surface area contributed by atoms with E-state index in [2.05, 4.69) is 20.7 Å². The summed E-state index contributed by atoms with van der Waals surface area (Å²) in [6.45, 7) is 1.63. The maximum Gasteiger partial charge on any atom is 0.345 e. The van der Waals surface area contributed by atoms with E-state index in [1.807, 2.05) is 0 Å². The van der Waals surface area contributed by atoms with Gasteiger partial charge in [-0.15, -0.1) is 0 Å². The molecule has 0 N–H and O–H groups in total. The molecule has 5 nitrogen and oxygen atoms in total. The topological polar surface area (TPSA) is 69.4 Å². The van der Waals surface area contributed by atoms with Crippen LogP contribution >= 0.6 is 15.9 Å². The molecule has 0 aromatic heterocycles. The average molecular weight is 306 g/mol. The highest BCUT2D eigenvalue weighted by Crippen LogP contribution is 2.25. The predicted octanol–water partition coefficient (Wildman–Crippen LogP) is 2.81. The Labute approximate surface area is 105 Å². The van der Waals surface area contributed by atoms with Crippen LogP contribution in [-0.4, -0.2) is 17.5 Å². The first kappa shape index (κ1) is 13.6. The third-order valence-corrected chi connectivity index (χ3v) is 2.60. The van der Waals surface area contributed by atoms with Crippen molar-refractivity contribution in [2.45, 2.75) is 12.3 Å². The van der Waals surface area contributed by atoms with Crippen LogP contribution in [0, 0.1) is 15.9 Å². The van der Waals surface area contributed by atoms with Crippen molar-refractivity contribution in [3.05, 3.63) is 39.2 Å². The highest BCUT2D eigenvalue weighted by Gasteiger charge is 2.24. The number of nitrogens with zero attached hydrogens (tertiary/aromatic N) is 1. The molecule has 0 unspecified atom stereocenters. The first-order valence-electron chi connectivity index (χ1n) is 4.71. The third-order valence-electron chi connectivity index (χ3n) is 2.00. The number of esters is 1. The lowest BCUT2D eigenvalue weighted by Crippen LogP contribution is -2.09. The predicted molar refractivity (Wildman–Crippen MR) is 61.6 cm³/mol. The normalized spacial score (nSPS) is 10.1. The quantitative estimate of drug-likeness (QED) is 0.371. The molecule has 1 aromatic carbocycles. The van der Waals surface area contributed by atoms with E-state index >= 15 is 0 Å². The average Bonchev–Trinajstić information content (AvgIpc) is 2.28. The number of halogens is 2. The summed E-state index contributed by atoms with van der Waals surface area (Å²) in [7, 11) is 0. The standard InChI is InChI=1S/C10H9BrFNO4/c1-2-17-10(14)7-4-8(12)6(5-11)3-9(7)13(15)16/h3-4H,2,5H2,1H3. The number of benzene rings is 1. The molecule has 0 radical (unpaired) electrons. The molecular formula is C10H9BrFNO4. The monoisotopic (exact) mass is 305 g/mol. The summed E-state index contributed by atoms with van der Waals surface area (Å²) < 4.78 is 18.1. The van der Waals surface area contributed by atoms with Gasteiger partial charge in [-0.1, -0.05) is 15.9 Å².